The van der Waals surface area contributed by atoms with E-state index < -0.39 is 48.7 Å². The van der Waals surface area contributed by atoms with Crippen molar-refractivity contribution in [3.8, 4) is 0 Å². The first-order valence-corrected chi connectivity index (χ1v) is 10.7. The number of carbonyl (C=O) groups excluding carboxylic acids is 1. The molecule has 0 aromatic rings. The van der Waals surface area contributed by atoms with Crippen LogP contribution in [-0.2, 0) is 14.3 Å². The van der Waals surface area contributed by atoms with Crippen molar-refractivity contribution in [1.82, 2.24) is 0 Å². The van der Waals surface area contributed by atoms with Crippen molar-refractivity contribution in [3.63, 3.8) is 0 Å². The first-order valence-electron chi connectivity index (χ1n) is 10.7. The van der Waals surface area contributed by atoms with Gasteiger partial charge in [0.2, 0.25) is 5.67 Å². The molecule has 5 fully saturated rings. The zero-order valence-corrected chi connectivity index (χ0v) is 16.8. The van der Waals surface area contributed by atoms with Crippen molar-refractivity contribution < 1.29 is 36.2 Å². The fourth-order valence-electron chi connectivity index (χ4n) is 6.64. The van der Waals surface area contributed by atoms with Crippen LogP contribution in [-0.4, -0.2) is 36.4 Å². The summed E-state index contributed by atoms with van der Waals surface area (Å²) in [5.41, 5.74) is -4.03. The summed E-state index contributed by atoms with van der Waals surface area (Å²) in [7, 11) is 0. The summed E-state index contributed by atoms with van der Waals surface area (Å²) in [6.45, 7) is 0.868. The Morgan fingerprint density at radius 3 is 1.97 bits per heavy atom. The molecule has 0 aromatic carbocycles. The second-order valence-electron chi connectivity index (χ2n) is 9.78. The number of hydrogen-bond donors (Lipinski definition) is 0. The van der Waals surface area contributed by atoms with Gasteiger partial charge < -0.3 is 9.47 Å². The van der Waals surface area contributed by atoms with Gasteiger partial charge in [-0.3, -0.25) is 4.79 Å². The van der Waals surface area contributed by atoms with Crippen molar-refractivity contribution in [2.24, 2.45) is 35.5 Å². The molecular weight excluding hydrogens is 395 g/mol. The topological polar surface area (TPSA) is 35.5 Å². The average molecular weight is 424 g/mol. The molecule has 0 aliphatic heterocycles. The van der Waals surface area contributed by atoms with E-state index in [2.05, 4.69) is 0 Å². The van der Waals surface area contributed by atoms with Crippen LogP contribution in [0.3, 0.4) is 0 Å². The van der Waals surface area contributed by atoms with Crippen LogP contribution >= 0.6 is 0 Å². The van der Waals surface area contributed by atoms with Crippen molar-refractivity contribution in [3.05, 3.63) is 0 Å². The number of hydrogen-bond acceptors (Lipinski definition) is 3. The summed E-state index contributed by atoms with van der Waals surface area (Å²) in [5, 5.41) is 0. The third-order valence-corrected chi connectivity index (χ3v) is 8.13. The molecule has 0 amide bonds. The molecule has 8 heteroatoms. The van der Waals surface area contributed by atoms with Gasteiger partial charge in [-0.15, -0.1) is 0 Å². The SMILES string of the molecule is CCC1CC(OCOC(=O)C2C3CC4CC(C3)CC2C4)C(F)(F)C(C)(F)C1(F)F. The standard InChI is InChI=1S/C21H29F5O3/c1-3-15-9-16(21(25,26)19(2,22)20(15,23)24)28-10-29-18(27)17-13-5-11-4-12(7-13)8-14(17)6-11/h11-17H,3-10H2,1-2H3. The fraction of sp³-hybridized carbons (Fsp3) is 0.952. The fourth-order valence-corrected chi connectivity index (χ4v) is 6.64. The van der Waals surface area contributed by atoms with E-state index in [1.165, 1.54) is 13.3 Å². The molecule has 0 heterocycles. The van der Waals surface area contributed by atoms with E-state index in [0.29, 0.717) is 11.8 Å². The van der Waals surface area contributed by atoms with E-state index >= 15 is 0 Å². The summed E-state index contributed by atoms with van der Waals surface area (Å²) in [6.07, 6.45) is 2.34. The molecular formula is C21H29F5O3. The van der Waals surface area contributed by atoms with Crippen LogP contribution in [0.15, 0.2) is 0 Å². The summed E-state index contributed by atoms with van der Waals surface area (Å²) >= 11 is 0. The van der Waals surface area contributed by atoms with E-state index in [-0.39, 0.29) is 31.1 Å². The van der Waals surface area contributed by atoms with Crippen LogP contribution < -0.4 is 0 Å². The molecule has 0 N–H and O–H groups in total. The normalized spacial score (nSPS) is 47.2. The minimum absolute atomic E-state index is 0.157. The lowest BCUT2D eigenvalue weighted by Crippen LogP contribution is -2.67. The Morgan fingerprint density at radius 2 is 1.45 bits per heavy atom. The molecule has 5 saturated carbocycles. The predicted octanol–water partition coefficient (Wildman–Crippen LogP) is 5.37. The van der Waals surface area contributed by atoms with Crippen molar-refractivity contribution >= 4 is 5.97 Å². The molecule has 0 aromatic heterocycles. The summed E-state index contributed by atoms with van der Waals surface area (Å²) in [6, 6.07) is 0. The van der Waals surface area contributed by atoms with Gasteiger partial charge in [-0.25, -0.2) is 13.2 Å². The van der Waals surface area contributed by atoms with Crippen LogP contribution in [0.5, 0.6) is 0 Å². The Bertz CT molecular complexity index is 622. The van der Waals surface area contributed by atoms with Crippen molar-refractivity contribution in [1.29, 1.82) is 0 Å². The molecule has 29 heavy (non-hydrogen) atoms. The van der Waals surface area contributed by atoms with E-state index in [0.717, 1.165) is 25.7 Å². The number of rotatable bonds is 5. The van der Waals surface area contributed by atoms with Gasteiger partial charge in [0.1, 0.15) is 6.10 Å². The molecule has 5 rings (SSSR count). The quantitative estimate of drug-likeness (QED) is 0.338. The van der Waals surface area contributed by atoms with Gasteiger partial charge in [0.05, 0.1) is 5.92 Å². The van der Waals surface area contributed by atoms with E-state index in [1.54, 1.807) is 0 Å². The number of carbonyl (C=O) groups is 1. The van der Waals surface area contributed by atoms with E-state index in [9.17, 15) is 26.7 Å². The molecule has 3 atom stereocenters. The van der Waals surface area contributed by atoms with Crippen LogP contribution in [0.2, 0.25) is 0 Å². The average Bonchev–Trinajstić information content (AvgIpc) is 2.62. The van der Waals surface area contributed by atoms with Gasteiger partial charge in [0.25, 0.3) is 5.92 Å². The molecule has 166 valence electrons. The highest BCUT2D eigenvalue weighted by atomic mass is 19.3. The second-order valence-corrected chi connectivity index (χ2v) is 9.78. The molecule has 4 bridgehead atoms. The third-order valence-electron chi connectivity index (χ3n) is 8.13. The molecule has 0 radical (unpaired) electrons. The molecule has 0 spiro atoms. The highest BCUT2D eigenvalue weighted by Crippen LogP contribution is 2.58. The number of alkyl halides is 5. The third kappa shape index (κ3) is 3.19. The second kappa shape index (κ2) is 7.06. The Labute approximate surface area is 167 Å². The number of halogens is 5. The zero-order chi connectivity index (χ0) is 21.2. The summed E-state index contributed by atoms with van der Waals surface area (Å²) in [4.78, 5) is 12.6. The number of esters is 1. The number of ether oxygens (including phenoxy) is 2. The van der Waals surface area contributed by atoms with Gasteiger partial charge in [-0.1, -0.05) is 6.92 Å². The Morgan fingerprint density at radius 1 is 0.897 bits per heavy atom. The van der Waals surface area contributed by atoms with E-state index in [1.807, 2.05) is 0 Å². The van der Waals surface area contributed by atoms with Gasteiger partial charge in [0, 0.05) is 5.92 Å². The largest absolute Gasteiger partial charge is 0.438 e. The first-order chi connectivity index (χ1) is 13.5. The zero-order valence-electron chi connectivity index (χ0n) is 16.8. The Hall–Kier alpha value is -0.920. The maximum Gasteiger partial charge on any atom is 0.312 e. The lowest BCUT2D eigenvalue weighted by atomic mass is 9.52. The maximum absolute atomic E-state index is 14.5. The van der Waals surface area contributed by atoms with Crippen LogP contribution in [0, 0.1) is 35.5 Å². The van der Waals surface area contributed by atoms with Crippen LogP contribution in [0.25, 0.3) is 0 Å². The minimum atomic E-state index is -4.39. The molecule has 5 aliphatic rings. The highest BCUT2D eigenvalue weighted by Gasteiger charge is 2.75. The summed E-state index contributed by atoms with van der Waals surface area (Å²) < 4.78 is 81.9. The lowest BCUT2D eigenvalue weighted by molar-refractivity contribution is -0.331. The van der Waals surface area contributed by atoms with Crippen molar-refractivity contribution in [2.75, 3.05) is 6.79 Å². The Balaban J connectivity index is 1.37. The monoisotopic (exact) mass is 424 g/mol. The minimum Gasteiger partial charge on any atom is -0.438 e. The first kappa shape index (κ1) is 21.3. The van der Waals surface area contributed by atoms with Crippen LogP contribution in [0.1, 0.15) is 58.8 Å². The van der Waals surface area contributed by atoms with Crippen LogP contribution in [0.4, 0.5) is 22.0 Å². The van der Waals surface area contributed by atoms with Gasteiger partial charge in [-0.2, -0.15) is 8.78 Å². The van der Waals surface area contributed by atoms with Gasteiger partial charge in [-0.05, 0) is 75.5 Å². The molecule has 0 saturated heterocycles. The molecule has 3 unspecified atom stereocenters. The highest BCUT2D eigenvalue weighted by molar-refractivity contribution is 5.73. The van der Waals surface area contributed by atoms with Crippen molar-refractivity contribution in [2.45, 2.75) is 82.4 Å². The smallest absolute Gasteiger partial charge is 0.312 e. The van der Waals surface area contributed by atoms with Gasteiger partial charge in [0.15, 0.2) is 6.79 Å². The Kier molecular flexibility index (Phi) is 5.19. The lowest BCUT2D eigenvalue weighted by Gasteiger charge is -2.53. The summed E-state index contributed by atoms with van der Waals surface area (Å²) in [5.74, 6) is -8.93. The van der Waals surface area contributed by atoms with Gasteiger partial charge >= 0.3 is 11.9 Å². The maximum atomic E-state index is 14.5. The molecule has 5 aliphatic carbocycles. The van der Waals surface area contributed by atoms with E-state index in [4.69, 9.17) is 9.47 Å². The predicted molar refractivity (Wildman–Crippen MR) is 94.2 cm³/mol. The molecule has 3 nitrogen and oxygen atoms in total.